The van der Waals surface area contributed by atoms with E-state index in [4.69, 9.17) is 9.15 Å². The monoisotopic (exact) mass is 423 g/mol. The van der Waals surface area contributed by atoms with Gasteiger partial charge in [-0.3, -0.25) is 4.79 Å². The highest BCUT2D eigenvalue weighted by Crippen LogP contribution is 2.33. The van der Waals surface area contributed by atoms with E-state index < -0.39 is 0 Å². The van der Waals surface area contributed by atoms with Gasteiger partial charge in [0.1, 0.15) is 17.3 Å². The largest absolute Gasteiger partial charge is 0.496 e. The van der Waals surface area contributed by atoms with Crippen LogP contribution >= 0.6 is 11.3 Å². The van der Waals surface area contributed by atoms with Crippen molar-refractivity contribution in [1.29, 1.82) is 0 Å². The second-order valence-corrected chi connectivity index (χ2v) is 7.35. The van der Waals surface area contributed by atoms with Gasteiger partial charge in [-0.2, -0.15) is 0 Å². The van der Waals surface area contributed by atoms with Crippen LogP contribution in [-0.4, -0.2) is 23.0 Å². The summed E-state index contributed by atoms with van der Waals surface area (Å²) in [7, 11) is 1.51. The van der Waals surface area contributed by atoms with Gasteiger partial charge in [0.05, 0.1) is 24.9 Å². The van der Waals surface area contributed by atoms with Crippen LogP contribution in [0.25, 0.3) is 22.7 Å². The average molecular weight is 423 g/mol. The van der Waals surface area contributed by atoms with Crippen LogP contribution in [-0.2, 0) is 11.2 Å². The fraction of sp³-hybridized carbons (Fsp3) is 0.136. The molecule has 0 atom stereocenters. The number of amides is 1. The second-order valence-electron chi connectivity index (χ2n) is 6.50. The lowest BCUT2D eigenvalue weighted by Gasteiger charge is -2.05. The van der Waals surface area contributed by atoms with Crippen molar-refractivity contribution in [2.45, 2.75) is 13.3 Å². The van der Waals surface area contributed by atoms with Gasteiger partial charge in [0.25, 0.3) is 0 Å². The molecule has 0 saturated heterocycles. The lowest BCUT2D eigenvalue weighted by molar-refractivity contribution is -0.115. The van der Waals surface area contributed by atoms with Crippen molar-refractivity contribution >= 4 is 22.4 Å². The van der Waals surface area contributed by atoms with E-state index in [1.54, 1.807) is 18.4 Å². The van der Waals surface area contributed by atoms with Crippen LogP contribution in [0.15, 0.2) is 58.3 Å². The van der Waals surface area contributed by atoms with Gasteiger partial charge >= 0.3 is 0 Å². The number of carbonyl (C=O) groups is 1. The van der Waals surface area contributed by atoms with E-state index in [9.17, 15) is 9.18 Å². The van der Waals surface area contributed by atoms with Crippen LogP contribution in [0.1, 0.15) is 11.5 Å². The van der Waals surface area contributed by atoms with Crippen molar-refractivity contribution in [3.63, 3.8) is 0 Å². The summed E-state index contributed by atoms with van der Waals surface area (Å²) in [5.74, 6) is 0.920. The number of aryl methyl sites for hydroxylation is 1. The quantitative estimate of drug-likeness (QED) is 0.467. The number of anilines is 1. The fourth-order valence-corrected chi connectivity index (χ4v) is 3.67. The molecule has 2 heterocycles. The molecule has 30 heavy (non-hydrogen) atoms. The SMILES string of the molecule is COc1ccc(F)cc1-c1csc(NC(=O)Cc2nc(-c3ccccc3)oc2C)n1. The third-order valence-electron chi connectivity index (χ3n) is 4.43. The van der Waals surface area contributed by atoms with E-state index in [1.807, 2.05) is 30.3 Å². The number of thiazole rings is 1. The highest BCUT2D eigenvalue weighted by atomic mass is 32.1. The molecule has 4 rings (SSSR count). The summed E-state index contributed by atoms with van der Waals surface area (Å²) in [5.41, 5.74) is 2.46. The summed E-state index contributed by atoms with van der Waals surface area (Å²) in [5, 5.41) is 4.91. The normalized spacial score (nSPS) is 10.8. The van der Waals surface area contributed by atoms with E-state index in [0.29, 0.717) is 39.5 Å². The Hall–Kier alpha value is -3.52. The Balaban J connectivity index is 1.47. The number of carbonyl (C=O) groups excluding carboxylic acids is 1. The molecule has 0 aliphatic rings. The molecular weight excluding hydrogens is 405 g/mol. The molecule has 2 aromatic heterocycles. The number of benzene rings is 2. The van der Waals surface area contributed by atoms with Crippen molar-refractivity contribution in [3.8, 4) is 28.5 Å². The minimum Gasteiger partial charge on any atom is -0.496 e. The zero-order valence-corrected chi connectivity index (χ0v) is 17.1. The lowest BCUT2D eigenvalue weighted by Crippen LogP contribution is -2.15. The third kappa shape index (κ3) is 4.23. The number of nitrogens with zero attached hydrogens (tertiary/aromatic N) is 2. The molecule has 1 amide bonds. The Morgan fingerprint density at radius 1 is 1.20 bits per heavy atom. The van der Waals surface area contributed by atoms with Gasteiger partial charge in [0, 0.05) is 16.5 Å². The molecule has 0 unspecified atom stereocenters. The molecule has 4 aromatic rings. The van der Waals surface area contributed by atoms with Crippen LogP contribution in [0.3, 0.4) is 0 Å². The van der Waals surface area contributed by atoms with Crippen molar-refractivity contribution in [2.24, 2.45) is 0 Å². The number of nitrogens with one attached hydrogen (secondary N) is 1. The van der Waals surface area contributed by atoms with Crippen LogP contribution in [0.5, 0.6) is 5.75 Å². The van der Waals surface area contributed by atoms with E-state index >= 15 is 0 Å². The predicted octanol–water partition coefficient (Wildman–Crippen LogP) is 5.10. The standard InChI is InChI=1S/C22H18FN3O3S/c1-13-17(24-21(29-13)14-6-4-3-5-7-14)11-20(27)26-22-25-18(12-30-22)16-10-15(23)8-9-19(16)28-2/h3-10,12H,11H2,1-2H3,(H,25,26,27). The minimum atomic E-state index is -0.389. The minimum absolute atomic E-state index is 0.0559. The van der Waals surface area contributed by atoms with Crippen molar-refractivity contribution in [1.82, 2.24) is 9.97 Å². The van der Waals surface area contributed by atoms with Crippen LogP contribution < -0.4 is 10.1 Å². The molecule has 0 aliphatic heterocycles. The van der Waals surface area contributed by atoms with E-state index in [0.717, 1.165) is 5.56 Å². The highest BCUT2D eigenvalue weighted by molar-refractivity contribution is 7.14. The van der Waals surface area contributed by atoms with Gasteiger partial charge in [0.2, 0.25) is 11.8 Å². The molecule has 0 spiro atoms. The highest BCUT2D eigenvalue weighted by Gasteiger charge is 2.17. The number of methoxy groups -OCH3 is 1. The first kappa shape index (κ1) is 19.8. The molecule has 2 aromatic carbocycles. The van der Waals surface area contributed by atoms with Crippen molar-refractivity contribution in [2.75, 3.05) is 12.4 Å². The Morgan fingerprint density at radius 3 is 2.77 bits per heavy atom. The van der Waals surface area contributed by atoms with E-state index in [2.05, 4.69) is 15.3 Å². The maximum Gasteiger partial charge on any atom is 0.232 e. The first-order chi connectivity index (χ1) is 14.5. The van der Waals surface area contributed by atoms with Gasteiger partial charge in [-0.25, -0.2) is 14.4 Å². The number of ether oxygens (including phenoxy) is 1. The number of rotatable bonds is 6. The topological polar surface area (TPSA) is 77.2 Å². The average Bonchev–Trinajstić information content (AvgIpc) is 3.35. The van der Waals surface area contributed by atoms with Crippen LogP contribution in [0.4, 0.5) is 9.52 Å². The summed E-state index contributed by atoms with van der Waals surface area (Å²) in [4.78, 5) is 21.3. The molecular formula is C22H18FN3O3S. The first-order valence-corrected chi connectivity index (χ1v) is 10.0. The Morgan fingerprint density at radius 2 is 2.00 bits per heavy atom. The van der Waals surface area contributed by atoms with Crippen molar-refractivity contribution in [3.05, 3.63) is 71.2 Å². The van der Waals surface area contributed by atoms with Gasteiger partial charge in [-0.15, -0.1) is 11.3 Å². The van der Waals surface area contributed by atoms with Gasteiger partial charge in [-0.05, 0) is 37.3 Å². The molecule has 6 nitrogen and oxygen atoms in total. The molecule has 0 fully saturated rings. The predicted molar refractivity (Wildman–Crippen MR) is 113 cm³/mol. The Kier molecular flexibility index (Phi) is 5.58. The maximum atomic E-state index is 13.6. The number of oxazole rings is 1. The molecule has 0 aliphatic carbocycles. The van der Waals surface area contributed by atoms with Crippen LogP contribution in [0, 0.1) is 12.7 Å². The number of aromatic nitrogens is 2. The summed E-state index contributed by atoms with van der Waals surface area (Å²) in [6.07, 6.45) is 0.0559. The van der Waals surface area contributed by atoms with Gasteiger partial charge < -0.3 is 14.5 Å². The molecule has 0 bridgehead atoms. The molecule has 152 valence electrons. The van der Waals surface area contributed by atoms with E-state index in [1.165, 1.54) is 30.6 Å². The number of halogens is 1. The summed E-state index contributed by atoms with van der Waals surface area (Å²) in [6.45, 7) is 1.78. The van der Waals surface area contributed by atoms with Gasteiger partial charge in [0.15, 0.2) is 5.13 Å². The fourth-order valence-electron chi connectivity index (χ4n) is 2.95. The second kappa shape index (κ2) is 8.46. The number of hydrogen-bond acceptors (Lipinski definition) is 6. The van der Waals surface area contributed by atoms with Crippen molar-refractivity contribution < 1.29 is 18.3 Å². The summed E-state index contributed by atoms with van der Waals surface area (Å²) in [6, 6.07) is 13.7. The van der Waals surface area contributed by atoms with Gasteiger partial charge in [-0.1, -0.05) is 18.2 Å². The first-order valence-electron chi connectivity index (χ1n) is 9.14. The Labute approximate surface area is 176 Å². The zero-order valence-electron chi connectivity index (χ0n) is 16.3. The maximum absolute atomic E-state index is 13.6. The summed E-state index contributed by atoms with van der Waals surface area (Å²) < 4.78 is 24.6. The lowest BCUT2D eigenvalue weighted by atomic mass is 10.1. The Bertz CT molecular complexity index is 1190. The molecule has 8 heteroatoms. The third-order valence-corrected chi connectivity index (χ3v) is 5.19. The van der Waals surface area contributed by atoms with E-state index in [-0.39, 0.29) is 18.1 Å². The molecule has 0 radical (unpaired) electrons. The smallest absolute Gasteiger partial charge is 0.232 e. The molecule has 1 N–H and O–H groups in total. The van der Waals surface area contributed by atoms with Crippen LogP contribution in [0.2, 0.25) is 0 Å². The summed E-state index contributed by atoms with van der Waals surface area (Å²) >= 11 is 1.25. The molecule has 0 saturated carbocycles. The number of hydrogen-bond donors (Lipinski definition) is 1. The zero-order chi connectivity index (χ0) is 21.1.